The highest BCUT2D eigenvalue weighted by Crippen LogP contribution is 2.27. The van der Waals surface area contributed by atoms with Gasteiger partial charge in [-0.3, -0.25) is 14.6 Å². The molecular weight excluding hydrogens is 334 g/mol. The van der Waals surface area contributed by atoms with E-state index in [-0.39, 0.29) is 12.5 Å². The summed E-state index contributed by atoms with van der Waals surface area (Å²) in [6, 6.07) is 0.0757. The molecule has 2 saturated heterocycles. The first-order valence-electron chi connectivity index (χ1n) is 9.95. The van der Waals surface area contributed by atoms with Gasteiger partial charge < -0.3 is 14.7 Å². The van der Waals surface area contributed by atoms with Gasteiger partial charge in [0.15, 0.2) is 0 Å². The Morgan fingerprint density at radius 2 is 1.77 bits per heavy atom. The van der Waals surface area contributed by atoms with Crippen molar-refractivity contribution in [3.05, 3.63) is 0 Å². The Hall–Kier alpha value is -1.34. The van der Waals surface area contributed by atoms with E-state index in [9.17, 15) is 14.7 Å². The number of aliphatic hydroxyl groups excluding tert-OH is 1. The molecule has 2 heterocycles. The Bertz CT molecular complexity index is 529. The molecule has 2 unspecified atom stereocenters. The van der Waals surface area contributed by atoms with Gasteiger partial charge in [-0.1, -0.05) is 6.42 Å². The van der Waals surface area contributed by atoms with Crippen molar-refractivity contribution in [1.82, 2.24) is 14.7 Å². The van der Waals surface area contributed by atoms with Crippen LogP contribution in [-0.4, -0.2) is 88.3 Å². The maximum Gasteiger partial charge on any atom is 0.411 e. The molecule has 3 aliphatic rings. The van der Waals surface area contributed by atoms with Gasteiger partial charge in [0.2, 0.25) is 5.91 Å². The fourth-order valence-corrected chi connectivity index (χ4v) is 4.06. The van der Waals surface area contributed by atoms with Crippen molar-refractivity contribution in [2.24, 2.45) is 0 Å². The van der Waals surface area contributed by atoms with Crippen molar-refractivity contribution >= 4 is 12.0 Å². The standard InChI is InChI=1S/C19H33N3O4/c1-19(2,3)26-18(25)22-13-15(23)12-16(22)17(24)21-9-5-8-20(10-11-21)14-6-4-7-14/h14-16,23H,4-13H2,1-3H3. The molecule has 2 amide bonds. The Labute approximate surface area is 156 Å². The smallest absolute Gasteiger partial charge is 0.411 e. The van der Waals surface area contributed by atoms with Crippen molar-refractivity contribution in [3.63, 3.8) is 0 Å². The number of hydrogen-bond donors (Lipinski definition) is 1. The summed E-state index contributed by atoms with van der Waals surface area (Å²) in [7, 11) is 0. The summed E-state index contributed by atoms with van der Waals surface area (Å²) in [6.45, 7) is 8.93. The fourth-order valence-electron chi connectivity index (χ4n) is 4.06. The predicted octanol–water partition coefficient (Wildman–Crippen LogP) is 1.44. The van der Waals surface area contributed by atoms with E-state index < -0.39 is 23.8 Å². The number of nitrogens with zero attached hydrogens (tertiary/aromatic N) is 3. The van der Waals surface area contributed by atoms with Crippen molar-refractivity contribution in [2.75, 3.05) is 32.7 Å². The van der Waals surface area contributed by atoms with Crippen molar-refractivity contribution in [3.8, 4) is 0 Å². The third kappa shape index (κ3) is 4.49. The quantitative estimate of drug-likeness (QED) is 0.800. The Morgan fingerprint density at radius 1 is 1.04 bits per heavy atom. The minimum atomic E-state index is -0.671. The van der Waals surface area contributed by atoms with Crippen LogP contribution in [0.4, 0.5) is 4.79 Å². The number of likely N-dealkylation sites (tertiary alicyclic amines) is 1. The SMILES string of the molecule is CC(C)(C)OC(=O)N1CC(O)CC1C(=O)N1CCCN(C2CCC2)CC1. The second-order valence-corrected chi connectivity index (χ2v) is 8.84. The van der Waals surface area contributed by atoms with Gasteiger partial charge in [-0.05, 0) is 40.0 Å². The lowest BCUT2D eigenvalue weighted by atomic mass is 9.91. The van der Waals surface area contributed by atoms with Gasteiger partial charge in [-0.25, -0.2) is 4.79 Å². The van der Waals surface area contributed by atoms with Crippen molar-refractivity contribution in [2.45, 2.75) is 76.7 Å². The van der Waals surface area contributed by atoms with Gasteiger partial charge in [-0.15, -0.1) is 0 Å². The molecule has 1 aliphatic carbocycles. The molecule has 0 radical (unpaired) electrons. The first-order valence-corrected chi connectivity index (χ1v) is 9.95. The Kier molecular flexibility index (Phi) is 5.77. The van der Waals surface area contributed by atoms with Gasteiger partial charge >= 0.3 is 6.09 Å². The topological polar surface area (TPSA) is 73.3 Å². The lowest BCUT2D eigenvalue weighted by Gasteiger charge is -2.37. The highest BCUT2D eigenvalue weighted by atomic mass is 16.6. The molecule has 0 spiro atoms. The molecule has 7 heteroatoms. The van der Waals surface area contributed by atoms with Crippen LogP contribution in [0.5, 0.6) is 0 Å². The summed E-state index contributed by atoms with van der Waals surface area (Å²) in [5.41, 5.74) is -0.621. The zero-order valence-electron chi connectivity index (χ0n) is 16.3. The molecule has 0 aromatic rings. The van der Waals surface area contributed by atoms with E-state index in [1.165, 1.54) is 24.2 Å². The van der Waals surface area contributed by atoms with E-state index in [1.807, 2.05) is 4.90 Å². The number of amides is 2. The molecule has 3 rings (SSSR count). The lowest BCUT2D eigenvalue weighted by Crippen LogP contribution is -2.50. The maximum absolute atomic E-state index is 13.1. The molecule has 0 aromatic carbocycles. The van der Waals surface area contributed by atoms with E-state index in [2.05, 4.69) is 4.90 Å². The van der Waals surface area contributed by atoms with Crippen LogP contribution >= 0.6 is 0 Å². The highest BCUT2D eigenvalue weighted by molar-refractivity contribution is 5.86. The summed E-state index contributed by atoms with van der Waals surface area (Å²) in [6.07, 6.45) is 3.93. The fraction of sp³-hybridized carbons (Fsp3) is 0.895. The number of ether oxygens (including phenoxy) is 1. The van der Waals surface area contributed by atoms with E-state index in [4.69, 9.17) is 4.74 Å². The molecule has 1 N–H and O–H groups in total. The molecule has 3 fully saturated rings. The molecule has 2 aliphatic heterocycles. The van der Waals surface area contributed by atoms with Crippen LogP contribution in [0, 0.1) is 0 Å². The van der Waals surface area contributed by atoms with Gasteiger partial charge in [0.1, 0.15) is 11.6 Å². The summed E-state index contributed by atoms with van der Waals surface area (Å²) >= 11 is 0. The average molecular weight is 367 g/mol. The van der Waals surface area contributed by atoms with E-state index in [0.717, 1.165) is 26.1 Å². The van der Waals surface area contributed by atoms with Crippen LogP contribution in [0.15, 0.2) is 0 Å². The van der Waals surface area contributed by atoms with Crippen LogP contribution in [0.2, 0.25) is 0 Å². The van der Waals surface area contributed by atoms with Crippen molar-refractivity contribution in [1.29, 1.82) is 0 Å². The zero-order valence-corrected chi connectivity index (χ0v) is 16.3. The van der Waals surface area contributed by atoms with Gasteiger partial charge in [0.05, 0.1) is 12.6 Å². The molecule has 0 bridgehead atoms. The van der Waals surface area contributed by atoms with Crippen molar-refractivity contribution < 1.29 is 19.4 Å². The number of hydrogen-bond acceptors (Lipinski definition) is 5. The molecule has 1 saturated carbocycles. The highest BCUT2D eigenvalue weighted by Gasteiger charge is 2.42. The predicted molar refractivity (Wildman–Crippen MR) is 97.8 cm³/mol. The zero-order chi connectivity index (χ0) is 18.9. The molecule has 26 heavy (non-hydrogen) atoms. The number of carbonyl (C=O) groups is 2. The first kappa shape index (κ1) is 19.4. The number of β-amino-alcohol motifs (C(OH)–C–C–N with tert-alkyl or cyclic N) is 1. The lowest BCUT2D eigenvalue weighted by molar-refractivity contribution is -0.135. The largest absolute Gasteiger partial charge is 0.444 e. The molecule has 0 aromatic heterocycles. The minimum Gasteiger partial charge on any atom is -0.444 e. The van der Waals surface area contributed by atoms with Crippen LogP contribution in [0.3, 0.4) is 0 Å². The third-order valence-corrected chi connectivity index (χ3v) is 5.63. The molecule has 7 nitrogen and oxygen atoms in total. The Morgan fingerprint density at radius 3 is 2.38 bits per heavy atom. The molecular formula is C19H33N3O4. The van der Waals surface area contributed by atoms with Crippen LogP contribution in [0.1, 0.15) is 52.9 Å². The van der Waals surface area contributed by atoms with Gasteiger partial charge in [0, 0.05) is 38.6 Å². The molecule has 2 atom stereocenters. The normalized spacial score (nSPS) is 28.6. The van der Waals surface area contributed by atoms with Crippen LogP contribution < -0.4 is 0 Å². The number of rotatable bonds is 2. The third-order valence-electron chi connectivity index (χ3n) is 5.63. The monoisotopic (exact) mass is 367 g/mol. The van der Waals surface area contributed by atoms with Gasteiger partial charge in [0.25, 0.3) is 0 Å². The van der Waals surface area contributed by atoms with Crippen LogP contribution in [-0.2, 0) is 9.53 Å². The Balaban J connectivity index is 1.62. The summed E-state index contributed by atoms with van der Waals surface area (Å²) in [5, 5.41) is 10.0. The van der Waals surface area contributed by atoms with E-state index in [1.54, 1.807) is 20.8 Å². The second kappa shape index (κ2) is 7.72. The van der Waals surface area contributed by atoms with E-state index >= 15 is 0 Å². The summed E-state index contributed by atoms with van der Waals surface area (Å²) < 4.78 is 5.43. The van der Waals surface area contributed by atoms with E-state index in [0.29, 0.717) is 19.0 Å². The first-order chi connectivity index (χ1) is 12.2. The summed E-state index contributed by atoms with van der Waals surface area (Å²) in [5.74, 6) is -0.0529. The molecule has 148 valence electrons. The second-order valence-electron chi connectivity index (χ2n) is 8.84. The average Bonchev–Trinajstić information content (AvgIpc) is 2.72. The van der Waals surface area contributed by atoms with Gasteiger partial charge in [-0.2, -0.15) is 0 Å². The maximum atomic E-state index is 13.1. The van der Waals surface area contributed by atoms with Crippen LogP contribution in [0.25, 0.3) is 0 Å². The minimum absolute atomic E-state index is 0.0529. The number of aliphatic hydroxyl groups is 1. The number of carbonyl (C=O) groups excluding carboxylic acids is 2. The summed E-state index contributed by atoms with van der Waals surface area (Å²) in [4.78, 5) is 31.3.